The molecule has 10 heteroatoms. The Hall–Kier alpha value is -4.50. The minimum Gasteiger partial charge on any atom is -0.333 e. The van der Waals surface area contributed by atoms with Gasteiger partial charge in [-0.25, -0.2) is 9.97 Å². The Bertz CT molecular complexity index is 1270. The summed E-state index contributed by atoms with van der Waals surface area (Å²) in [7, 11) is 0. The zero-order chi connectivity index (χ0) is 23.9. The molecule has 0 saturated heterocycles. The highest BCUT2D eigenvalue weighted by molar-refractivity contribution is 6.33. The minimum atomic E-state index is -0.642. The van der Waals surface area contributed by atoms with E-state index in [-0.39, 0.29) is 11.6 Å². The van der Waals surface area contributed by atoms with E-state index in [1.54, 1.807) is 24.3 Å². The number of anilines is 3. The normalized spacial score (nSPS) is 10.5. The highest BCUT2D eigenvalue weighted by Gasteiger charge is 2.26. The van der Waals surface area contributed by atoms with E-state index < -0.39 is 22.4 Å². The number of aromatic nitrogens is 2. The first-order valence-electron chi connectivity index (χ1n) is 10.2. The number of benzene rings is 3. The molecule has 1 heterocycles. The first kappa shape index (κ1) is 22.7. The summed E-state index contributed by atoms with van der Waals surface area (Å²) < 4.78 is 0. The molecule has 9 nitrogen and oxygen atoms in total. The topological polar surface area (TPSA) is 122 Å². The third-order valence-corrected chi connectivity index (χ3v) is 5.29. The van der Waals surface area contributed by atoms with Crippen molar-refractivity contribution in [2.24, 2.45) is 0 Å². The van der Waals surface area contributed by atoms with Crippen LogP contribution in [0.3, 0.4) is 0 Å². The molecule has 0 unspecified atom stereocenters. The molecular weight excluding hydrogens is 456 g/mol. The molecule has 0 aliphatic rings. The second-order valence-electron chi connectivity index (χ2n) is 7.15. The van der Waals surface area contributed by atoms with Crippen LogP contribution >= 0.6 is 11.6 Å². The highest BCUT2D eigenvalue weighted by Crippen LogP contribution is 2.33. The van der Waals surface area contributed by atoms with Gasteiger partial charge in [-0.1, -0.05) is 84.4 Å². The number of hydrogen-bond acceptors (Lipinski definition) is 7. The third kappa shape index (κ3) is 5.11. The van der Waals surface area contributed by atoms with Crippen LogP contribution in [0.2, 0.25) is 5.02 Å². The van der Waals surface area contributed by atoms with Crippen molar-refractivity contribution in [2.45, 2.75) is 5.92 Å². The molecule has 0 spiro atoms. The van der Waals surface area contributed by atoms with E-state index in [1.807, 2.05) is 60.7 Å². The van der Waals surface area contributed by atoms with Gasteiger partial charge >= 0.3 is 5.69 Å². The number of halogens is 1. The minimum absolute atomic E-state index is 0.0764. The van der Waals surface area contributed by atoms with Gasteiger partial charge in [0.15, 0.2) is 0 Å². The highest BCUT2D eigenvalue weighted by atomic mass is 35.5. The predicted molar refractivity (Wildman–Crippen MR) is 130 cm³/mol. The second-order valence-corrected chi connectivity index (χ2v) is 7.56. The van der Waals surface area contributed by atoms with Gasteiger partial charge in [0.05, 0.1) is 21.6 Å². The van der Waals surface area contributed by atoms with Crippen LogP contribution in [0.4, 0.5) is 23.0 Å². The number of nitro groups is 1. The molecule has 0 aliphatic heterocycles. The van der Waals surface area contributed by atoms with Crippen molar-refractivity contribution in [3.63, 3.8) is 0 Å². The van der Waals surface area contributed by atoms with Crippen LogP contribution < -0.4 is 16.2 Å². The number of nitrogens with zero attached hydrogens (tertiary/aromatic N) is 3. The number of para-hydroxylation sites is 1. The van der Waals surface area contributed by atoms with Crippen LogP contribution in [0.25, 0.3) is 0 Å². The number of carbonyl (C=O) groups excluding carboxylic acids is 1. The fourth-order valence-corrected chi connectivity index (χ4v) is 3.59. The Kier molecular flexibility index (Phi) is 6.95. The molecule has 0 bridgehead atoms. The number of carbonyl (C=O) groups is 1. The Morgan fingerprint density at radius 2 is 1.41 bits per heavy atom. The van der Waals surface area contributed by atoms with Gasteiger partial charge in [0, 0.05) is 0 Å². The smallest absolute Gasteiger partial charge is 0.333 e. The first-order valence-corrected chi connectivity index (χ1v) is 10.6. The fourth-order valence-electron chi connectivity index (χ4n) is 3.40. The number of hydrazine groups is 1. The van der Waals surface area contributed by atoms with Crippen LogP contribution in [0, 0.1) is 10.1 Å². The molecule has 4 rings (SSSR count). The van der Waals surface area contributed by atoms with Gasteiger partial charge in [-0.2, -0.15) is 0 Å². The van der Waals surface area contributed by atoms with Crippen molar-refractivity contribution < 1.29 is 9.72 Å². The quantitative estimate of drug-likeness (QED) is 0.241. The van der Waals surface area contributed by atoms with E-state index in [9.17, 15) is 14.9 Å². The van der Waals surface area contributed by atoms with Crippen molar-refractivity contribution in [3.8, 4) is 0 Å². The van der Waals surface area contributed by atoms with Crippen LogP contribution in [0.5, 0.6) is 0 Å². The number of rotatable bonds is 8. The standard InChI is InChI=1S/C24H19ClN6O3/c25-18-13-7-8-14-19(18)28-22-21(31(33)34)23(27-15-26-22)29-30-24(32)20(16-9-3-1-4-10-16)17-11-5-2-6-12-17/h1-15,20H,(H,30,32)(H2,26,27,28,29). The molecule has 3 N–H and O–H groups in total. The summed E-state index contributed by atoms with van der Waals surface area (Å²) in [5, 5.41) is 15.1. The average Bonchev–Trinajstić information content (AvgIpc) is 2.85. The zero-order valence-electron chi connectivity index (χ0n) is 17.7. The summed E-state index contributed by atoms with van der Waals surface area (Å²) in [5.41, 5.74) is 6.68. The third-order valence-electron chi connectivity index (χ3n) is 4.96. The maximum absolute atomic E-state index is 13.2. The fraction of sp³-hybridized carbons (Fsp3) is 0.0417. The molecule has 0 saturated carbocycles. The molecular formula is C24H19ClN6O3. The summed E-state index contributed by atoms with van der Waals surface area (Å²) in [5.74, 6) is -1.31. The van der Waals surface area contributed by atoms with Gasteiger partial charge in [-0.3, -0.25) is 25.8 Å². The lowest BCUT2D eigenvalue weighted by Gasteiger charge is -2.18. The van der Waals surface area contributed by atoms with Crippen molar-refractivity contribution in [3.05, 3.63) is 118 Å². The summed E-state index contributed by atoms with van der Waals surface area (Å²) in [6, 6.07) is 25.2. The van der Waals surface area contributed by atoms with E-state index in [0.717, 1.165) is 17.5 Å². The van der Waals surface area contributed by atoms with E-state index in [4.69, 9.17) is 11.6 Å². The summed E-state index contributed by atoms with van der Waals surface area (Å²) in [6.07, 6.45) is 1.15. The molecule has 1 aromatic heterocycles. The summed E-state index contributed by atoms with van der Waals surface area (Å²) in [4.78, 5) is 32.3. The number of hydrogen-bond donors (Lipinski definition) is 3. The summed E-state index contributed by atoms with van der Waals surface area (Å²) in [6.45, 7) is 0. The lowest BCUT2D eigenvalue weighted by atomic mass is 9.91. The van der Waals surface area contributed by atoms with Gasteiger partial charge in [0.2, 0.25) is 17.5 Å². The second kappa shape index (κ2) is 10.4. The monoisotopic (exact) mass is 474 g/mol. The van der Waals surface area contributed by atoms with Crippen LogP contribution in [0.15, 0.2) is 91.3 Å². The maximum atomic E-state index is 13.2. The van der Waals surface area contributed by atoms with Crippen molar-refractivity contribution in [1.29, 1.82) is 0 Å². The largest absolute Gasteiger partial charge is 0.355 e. The molecule has 34 heavy (non-hydrogen) atoms. The maximum Gasteiger partial charge on any atom is 0.355 e. The molecule has 170 valence electrons. The number of amides is 1. The predicted octanol–water partition coefficient (Wildman–Crippen LogP) is 5.06. The Balaban J connectivity index is 1.60. The Morgan fingerprint density at radius 1 is 0.853 bits per heavy atom. The van der Waals surface area contributed by atoms with Crippen molar-refractivity contribution in [2.75, 3.05) is 10.7 Å². The summed E-state index contributed by atoms with van der Waals surface area (Å²) >= 11 is 6.15. The Labute approximate surface area is 200 Å². The lowest BCUT2D eigenvalue weighted by Crippen LogP contribution is -2.35. The first-order chi connectivity index (χ1) is 16.5. The molecule has 0 fully saturated rings. The van der Waals surface area contributed by atoms with Crippen LogP contribution in [-0.4, -0.2) is 20.8 Å². The SMILES string of the molecule is O=C(NNc1ncnc(Nc2ccccc2Cl)c1[N+](=O)[O-])C(c1ccccc1)c1ccccc1. The van der Waals surface area contributed by atoms with E-state index in [2.05, 4.69) is 26.1 Å². The molecule has 1 amide bonds. The average molecular weight is 475 g/mol. The van der Waals surface area contributed by atoms with Gasteiger partial charge in [0.25, 0.3) is 0 Å². The molecule has 4 aromatic rings. The van der Waals surface area contributed by atoms with Gasteiger partial charge in [-0.15, -0.1) is 0 Å². The van der Waals surface area contributed by atoms with E-state index in [1.165, 1.54) is 0 Å². The Morgan fingerprint density at radius 3 is 2.00 bits per heavy atom. The van der Waals surface area contributed by atoms with Gasteiger partial charge in [0.1, 0.15) is 6.33 Å². The van der Waals surface area contributed by atoms with Gasteiger partial charge < -0.3 is 5.32 Å². The van der Waals surface area contributed by atoms with Crippen molar-refractivity contribution in [1.82, 2.24) is 15.4 Å². The van der Waals surface area contributed by atoms with Crippen molar-refractivity contribution >= 4 is 40.5 Å². The zero-order valence-corrected chi connectivity index (χ0v) is 18.4. The molecule has 3 aromatic carbocycles. The van der Waals surface area contributed by atoms with Crippen LogP contribution in [0.1, 0.15) is 17.0 Å². The molecule has 0 radical (unpaired) electrons. The van der Waals surface area contributed by atoms with E-state index >= 15 is 0 Å². The lowest BCUT2D eigenvalue weighted by molar-refractivity contribution is -0.383. The van der Waals surface area contributed by atoms with Gasteiger partial charge in [-0.05, 0) is 23.3 Å². The molecule has 0 aliphatic carbocycles. The molecule has 0 atom stereocenters. The number of nitrogens with one attached hydrogen (secondary N) is 3. The van der Waals surface area contributed by atoms with Crippen LogP contribution in [-0.2, 0) is 4.79 Å². The van der Waals surface area contributed by atoms with E-state index in [0.29, 0.717) is 10.7 Å².